The Hall–Kier alpha value is -2.88. The summed E-state index contributed by atoms with van der Waals surface area (Å²) in [5.41, 5.74) is -0.113. The molecular formula is C15H8BrF2N3O4. The maximum absolute atomic E-state index is 14.0. The maximum Gasteiger partial charge on any atom is 0.275 e. The van der Waals surface area contributed by atoms with Gasteiger partial charge in [-0.15, -0.1) is 0 Å². The Morgan fingerprint density at radius 1 is 1.24 bits per heavy atom. The highest BCUT2D eigenvalue weighted by atomic mass is 79.9. The summed E-state index contributed by atoms with van der Waals surface area (Å²) in [6.07, 6.45) is 1.37. The fourth-order valence-corrected chi connectivity index (χ4v) is 2.56. The van der Waals surface area contributed by atoms with E-state index in [9.17, 15) is 18.9 Å². The Balaban J connectivity index is 2.11. The predicted octanol–water partition coefficient (Wildman–Crippen LogP) is 4.38. The van der Waals surface area contributed by atoms with Gasteiger partial charge in [-0.1, -0.05) is 0 Å². The van der Waals surface area contributed by atoms with E-state index < -0.39 is 28.0 Å². The van der Waals surface area contributed by atoms with E-state index in [2.05, 4.69) is 25.9 Å². The van der Waals surface area contributed by atoms with Crippen LogP contribution in [0.5, 0.6) is 17.4 Å². The third-order valence-electron chi connectivity index (χ3n) is 3.20. The van der Waals surface area contributed by atoms with Gasteiger partial charge in [0.15, 0.2) is 23.1 Å². The normalized spacial score (nSPS) is 10.7. The monoisotopic (exact) mass is 411 g/mol. The van der Waals surface area contributed by atoms with Crippen molar-refractivity contribution in [1.29, 1.82) is 0 Å². The van der Waals surface area contributed by atoms with Crippen molar-refractivity contribution in [2.45, 2.75) is 0 Å². The summed E-state index contributed by atoms with van der Waals surface area (Å²) >= 11 is 3.26. The first-order valence-corrected chi connectivity index (χ1v) is 7.50. The van der Waals surface area contributed by atoms with Crippen LogP contribution in [-0.4, -0.2) is 22.0 Å². The van der Waals surface area contributed by atoms with Crippen LogP contribution in [0, 0.1) is 21.7 Å². The molecule has 3 rings (SSSR count). The Kier molecular flexibility index (Phi) is 4.45. The van der Waals surface area contributed by atoms with Crippen molar-refractivity contribution in [2.75, 3.05) is 7.11 Å². The number of ether oxygens (including phenoxy) is 2. The molecule has 7 nitrogen and oxygen atoms in total. The number of fused-ring (bicyclic) bond motifs is 1. The lowest BCUT2D eigenvalue weighted by Crippen LogP contribution is -1.98. The average molecular weight is 412 g/mol. The van der Waals surface area contributed by atoms with Crippen molar-refractivity contribution in [3.05, 3.63) is 56.7 Å². The van der Waals surface area contributed by atoms with Gasteiger partial charge >= 0.3 is 0 Å². The second-order valence-corrected chi connectivity index (χ2v) is 5.61. The molecule has 0 spiro atoms. The van der Waals surface area contributed by atoms with Crippen molar-refractivity contribution in [1.82, 2.24) is 9.97 Å². The number of pyridine rings is 2. The zero-order valence-electron chi connectivity index (χ0n) is 12.5. The van der Waals surface area contributed by atoms with Crippen molar-refractivity contribution in [3.63, 3.8) is 0 Å². The number of nitrogens with zero attached hydrogens (tertiary/aromatic N) is 3. The molecule has 25 heavy (non-hydrogen) atoms. The molecule has 0 atom stereocenters. The van der Waals surface area contributed by atoms with Crippen LogP contribution < -0.4 is 9.47 Å². The summed E-state index contributed by atoms with van der Waals surface area (Å²) in [5.74, 6) is -2.94. The van der Waals surface area contributed by atoms with Crippen LogP contribution in [0.4, 0.5) is 14.5 Å². The van der Waals surface area contributed by atoms with Crippen LogP contribution in [0.3, 0.4) is 0 Å². The van der Waals surface area contributed by atoms with Crippen molar-refractivity contribution in [2.24, 2.45) is 0 Å². The minimum atomic E-state index is -1.21. The fourth-order valence-electron chi connectivity index (χ4n) is 2.09. The van der Waals surface area contributed by atoms with Crippen molar-refractivity contribution >= 4 is 32.7 Å². The van der Waals surface area contributed by atoms with Gasteiger partial charge in [0.25, 0.3) is 5.69 Å². The van der Waals surface area contributed by atoms with E-state index >= 15 is 0 Å². The number of non-ortho nitro benzene ring substituents is 1. The molecule has 0 aliphatic carbocycles. The van der Waals surface area contributed by atoms with Gasteiger partial charge in [-0.25, -0.2) is 13.8 Å². The van der Waals surface area contributed by atoms with Gasteiger partial charge in [-0.05, 0) is 22.0 Å². The molecule has 3 aromatic rings. The van der Waals surface area contributed by atoms with Crippen LogP contribution in [0.1, 0.15) is 0 Å². The minimum absolute atomic E-state index is 0.0162. The molecule has 128 valence electrons. The van der Waals surface area contributed by atoms with Crippen molar-refractivity contribution in [3.8, 4) is 17.4 Å². The van der Waals surface area contributed by atoms with E-state index in [1.807, 2.05) is 0 Å². The molecule has 0 fully saturated rings. The first-order chi connectivity index (χ1) is 11.9. The molecule has 0 saturated carbocycles. The lowest BCUT2D eigenvalue weighted by Gasteiger charge is -2.11. The number of hydrogen-bond acceptors (Lipinski definition) is 6. The van der Waals surface area contributed by atoms with E-state index in [-0.39, 0.29) is 17.1 Å². The first-order valence-electron chi connectivity index (χ1n) is 6.71. The van der Waals surface area contributed by atoms with Crippen LogP contribution >= 0.6 is 15.9 Å². The third kappa shape index (κ3) is 3.20. The molecule has 0 saturated heterocycles. The highest BCUT2D eigenvalue weighted by Crippen LogP contribution is 2.35. The molecule has 0 aliphatic heterocycles. The topological polar surface area (TPSA) is 87.4 Å². The number of halogens is 3. The zero-order valence-corrected chi connectivity index (χ0v) is 14.1. The number of hydrogen-bond donors (Lipinski definition) is 0. The first kappa shape index (κ1) is 17.0. The van der Waals surface area contributed by atoms with Gasteiger partial charge in [0.1, 0.15) is 5.52 Å². The summed E-state index contributed by atoms with van der Waals surface area (Å²) < 4.78 is 39.0. The molecule has 0 N–H and O–H groups in total. The van der Waals surface area contributed by atoms with E-state index in [1.165, 1.54) is 19.4 Å². The Bertz CT molecular complexity index is 977. The minimum Gasteiger partial charge on any atom is -0.480 e. The summed E-state index contributed by atoms with van der Waals surface area (Å²) in [6.45, 7) is 0. The Labute approximate surface area is 147 Å². The van der Waals surface area contributed by atoms with Crippen LogP contribution in [0.15, 0.2) is 34.9 Å². The smallest absolute Gasteiger partial charge is 0.275 e. The zero-order chi connectivity index (χ0) is 18.1. The largest absolute Gasteiger partial charge is 0.480 e. The lowest BCUT2D eigenvalue weighted by molar-refractivity contribution is -0.385. The fraction of sp³-hybridized carbons (Fsp3) is 0.0667. The van der Waals surface area contributed by atoms with Gasteiger partial charge in [-0.2, -0.15) is 0 Å². The maximum atomic E-state index is 14.0. The van der Waals surface area contributed by atoms with Crippen LogP contribution in [0.2, 0.25) is 0 Å². The molecule has 0 aliphatic rings. The van der Waals surface area contributed by atoms with E-state index in [4.69, 9.17) is 9.47 Å². The van der Waals surface area contributed by atoms with Gasteiger partial charge in [0, 0.05) is 12.3 Å². The highest BCUT2D eigenvalue weighted by Gasteiger charge is 2.20. The van der Waals surface area contributed by atoms with Gasteiger partial charge in [-0.3, -0.25) is 15.1 Å². The molecule has 0 bridgehead atoms. The molecule has 0 unspecified atom stereocenters. The van der Waals surface area contributed by atoms with E-state index in [0.717, 1.165) is 0 Å². The molecule has 2 heterocycles. The standard InChI is InChI=1S/C15H8BrF2N3O4/c1-24-15-8(16)6-11-13(20-15)12(2-3-19-11)25-14-9(17)4-7(21(22)23)5-10(14)18/h2-6H,1H3. The lowest BCUT2D eigenvalue weighted by atomic mass is 10.2. The second kappa shape index (κ2) is 6.55. The SMILES string of the molecule is COc1nc2c(Oc3c(F)cc([N+](=O)[O-])cc3F)ccnc2cc1Br. The van der Waals surface area contributed by atoms with E-state index in [0.29, 0.717) is 22.1 Å². The summed E-state index contributed by atoms with van der Waals surface area (Å²) in [6, 6.07) is 4.12. The number of nitro benzene ring substituents is 1. The molecule has 0 amide bonds. The Morgan fingerprint density at radius 2 is 1.92 bits per heavy atom. The average Bonchev–Trinajstić information content (AvgIpc) is 2.57. The van der Waals surface area contributed by atoms with Crippen molar-refractivity contribution < 1.29 is 23.2 Å². The molecule has 0 radical (unpaired) electrons. The molecule has 10 heteroatoms. The van der Waals surface area contributed by atoms with Crippen LogP contribution in [0.25, 0.3) is 11.0 Å². The second-order valence-electron chi connectivity index (χ2n) is 4.75. The Morgan fingerprint density at radius 3 is 2.52 bits per heavy atom. The predicted molar refractivity (Wildman–Crippen MR) is 86.9 cm³/mol. The quantitative estimate of drug-likeness (QED) is 0.467. The van der Waals surface area contributed by atoms with Gasteiger partial charge in [0.2, 0.25) is 5.88 Å². The third-order valence-corrected chi connectivity index (χ3v) is 3.76. The highest BCUT2D eigenvalue weighted by molar-refractivity contribution is 9.10. The van der Waals surface area contributed by atoms with Crippen LogP contribution in [-0.2, 0) is 0 Å². The number of aromatic nitrogens is 2. The summed E-state index contributed by atoms with van der Waals surface area (Å²) in [7, 11) is 1.41. The number of methoxy groups -OCH3 is 1. The molecular weight excluding hydrogens is 404 g/mol. The molecule has 1 aromatic carbocycles. The van der Waals surface area contributed by atoms with Gasteiger partial charge in [0.05, 0.1) is 34.2 Å². The van der Waals surface area contributed by atoms with E-state index in [1.54, 1.807) is 6.07 Å². The number of rotatable bonds is 4. The number of benzene rings is 1. The number of nitro groups is 1. The van der Waals surface area contributed by atoms with Gasteiger partial charge < -0.3 is 9.47 Å². The summed E-state index contributed by atoms with van der Waals surface area (Å²) in [5, 5.41) is 10.6. The molecule has 2 aromatic heterocycles. The summed E-state index contributed by atoms with van der Waals surface area (Å²) in [4.78, 5) is 18.0.